The molecule has 0 aliphatic heterocycles. The lowest BCUT2D eigenvalue weighted by molar-refractivity contribution is -0.125. The number of hydrogen-bond donors (Lipinski definition) is 1. The number of hydrogen-bond acceptors (Lipinski definition) is 2. The van der Waals surface area contributed by atoms with E-state index in [9.17, 15) is 8.78 Å². The summed E-state index contributed by atoms with van der Waals surface area (Å²) in [6, 6.07) is 0. The molecular weight excluding hydrogens is 236 g/mol. The van der Waals surface area contributed by atoms with Gasteiger partial charge in [0.15, 0.2) is 5.15 Å². The largest absolute Gasteiger partial charge is 0.333 e. The van der Waals surface area contributed by atoms with Crippen LogP contribution in [-0.2, 0) is 12.0 Å². The quantitative estimate of drug-likeness (QED) is 0.892. The van der Waals surface area contributed by atoms with E-state index in [0.29, 0.717) is 17.4 Å². The summed E-state index contributed by atoms with van der Waals surface area (Å²) in [6.45, 7) is 2.75. The molecule has 0 atom stereocenters. The zero-order chi connectivity index (χ0) is 12.0. The second kappa shape index (κ2) is 3.67. The van der Waals surface area contributed by atoms with Crippen LogP contribution in [0.3, 0.4) is 0 Å². The highest BCUT2D eigenvalue weighted by Gasteiger charge is 2.58. The maximum Gasteiger partial charge on any atom is 0.250 e. The first kappa shape index (κ1) is 11.8. The fraction of sp³-hybridized carbons (Fsp3) is 0.700. The van der Waals surface area contributed by atoms with Crippen molar-refractivity contribution in [2.75, 3.05) is 6.54 Å². The standard InChI is InChI=1S/C10H14ClF2N3/c1-2-16-6-15-8(11)7(16)9(5-14)3-10(12,13)4-9/h6H,2-5,14H2,1H3. The number of rotatable bonds is 3. The van der Waals surface area contributed by atoms with Gasteiger partial charge in [-0.2, -0.15) is 0 Å². The van der Waals surface area contributed by atoms with Gasteiger partial charge in [0, 0.05) is 31.3 Å². The number of aromatic nitrogens is 2. The van der Waals surface area contributed by atoms with Crippen LogP contribution in [0, 0.1) is 0 Å². The lowest BCUT2D eigenvalue weighted by Crippen LogP contribution is -2.54. The Bertz CT molecular complexity index is 395. The molecule has 0 bridgehead atoms. The molecular formula is C10H14ClF2N3. The molecule has 0 unspecified atom stereocenters. The molecule has 1 aliphatic rings. The molecule has 90 valence electrons. The molecule has 1 aromatic heterocycles. The van der Waals surface area contributed by atoms with Gasteiger partial charge >= 0.3 is 0 Å². The first-order chi connectivity index (χ1) is 7.44. The summed E-state index contributed by atoms with van der Waals surface area (Å²) < 4.78 is 27.9. The van der Waals surface area contributed by atoms with Crippen LogP contribution in [0.2, 0.25) is 5.15 Å². The van der Waals surface area contributed by atoms with Crippen LogP contribution in [0.25, 0.3) is 0 Å². The summed E-state index contributed by atoms with van der Waals surface area (Å²) in [6.07, 6.45) is 1.11. The average Bonchev–Trinajstić information content (AvgIpc) is 2.55. The molecule has 0 aromatic carbocycles. The third-order valence-corrected chi connectivity index (χ3v) is 3.50. The maximum atomic E-state index is 13.1. The topological polar surface area (TPSA) is 43.8 Å². The summed E-state index contributed by atoms with van der Waals surface area (Å²) in [5.41, 5.74) is 5.60. The summed E-state index contributed by atoms with van der Waals surface area (Å²) >= 11 is 5.96. The van der Waals surface area contributed by atoms with Gasteiger partial charge in [0.25, 0.3) is 0 Å². The first-order valence-electron chi connectivity index (χ1n) is 5.23. The van der Waals surface area contributed by atoms with Gasteiger partial charge in [-0.3, -0.25) is 0 Å². The van der Waals surface area contributed by atoms with E-state index in [1.54, 1.807) is 10.9 Å². The van der Waals surface area contributed by atoms with Crippen LogP contribution >= 0.6 is 11.6 Å². The molecule has 0 saturated heterocycles. The Morgan fingerprint density at radius 3 is 2.62 bits per heavy atom. The highest BCUT2D eigenvalue weighted by atomic mass is 35.5. The summed E-state index contributed by atoms with van der Waals surface area (Å²) in [7, 11) is 0. The van der Waals surface area contributed by atoms with Crippen LogP contribution in [0.15, 0.2) is 6.33 Å². The molecule has 16 heavy (non-hydrogen) atoms. The zero-order valence-corrected chi connectivity index (χ0v) is 9.77. The Morgan fingerprint density at radius 1 is 1.56 bits per heavy atom. The van der Waals surface area contributed by atoms with Gasteiger partial charge in [-0.05, 0) is 6.92 Å². The molecule has 6 heteroatoms. The van der Waals surface area contributed by atoms with Crippen molar-refractivity contribution in [2.45, 2.75) is 37.6 Å². The van der Waals surface area contributed by atoms with Crippen molar-refractivity contribution in [3.63, 3.8) is 0 Å². The molecule has 1 aliphatic carbocycles. The van der Waals surface area contributed by atoms with Crippen molar-refractivity contribution in [1.82, 2.24) is 9.55 Å². The summed E-state index contributed by atoms with van der Waals surface area (Å²) in [5.74, 6) is -2.62. The fourth-order valence-electron chi connectivity index (χ4n) is 2.47. The summed E-state index contributed by atoms with van der Waals surface area (Å²) in [5, 5.41) is 0.294. The lowest BCUT2D eigenvalue weighted by atomic mass is 9.64. The van der Waals surface area contributed by atoms with E-state index in [1.807, 2.05) is 6.92 Å². The number of alkyl halides is 2. The van der Waals surface area contributed by atoms with Crippen LogP contribution in [-0.4, -0.2) is 22.0 Å². The van der Waals surface area contributed by atoms with Gasteiger partial charge in [-0.25, -0.2) is 13.8 Å². The minimum absolute atomic E-state index is 0.175. The number of nitrogens with zero attached hydrogens (tertiary/aromatic N) is 2. The number of aryl methyl sites for hydroxylation is 1. The van der Waals surface area contributed by atoms with E-state index < -0.39 is 11.3 Å². The van der Waals surface area contributed by atoms with Crippen LogP contribution in [0.1, 0.15) is 25.5 Å². The van der Waals surface area contributed by atoms with Crippen LogP contribution in [0.4, 0.5) is 8.78 Å². The van der Waals surface area contributed by atoms with E-state index >= 15 is 0 Å². The third kappa shape index (κ3) is 1.62. The van der Waals surface area contributed by atoms with Crippen LogP contribution < -0.4 is 5.73 Å². The van der Waals surface area contributed by atoms with E-state index in [-0.39, 0.29) is 19.4 Å². The van der Waals surface area contributed by atoms with E-state index in [0.717, 1.165) is 0 Å². The fourth-order valence-corrected chi connectivity index (χ4v) is 2.82. The van der Waals surface area contributed by atoms with Crippen molar-refractivity contribution < 1.29 is 8.78 Å². The molecule has 0 spiro atoms. The maximum absolute atomic E-state index is 13.1. The minimum Gasteiger partial charge on any atom is -0.333 e. The minimum atomic E-state index is -2.62. The molecule has 1 fully saturated rings. The van der Waals surface area contributed by atoms with Crippen molar-refractivity contribution in [3.8, 4) is 0 Å². The van der Waals surface area contributed by atoms with Crippen molar-refractivity contribution in [2.24, 2.45) is 5.73 Å². The van der Waals surface area contributed by atoms with Crippen molar-refractivity contribution >= 4 is 11.6 Å². The van der Waals surface area contributed by atoms with Gasteiger partial charge in [0.05, 0.1) is 12.0 Å². The number of imidazole rings is 1. The molecule has 1 saturated carbocycles. The highest BCUT2D eigenvalue weighted by molar-refractivity contribution is 6.30. The van der Waals surface area contributed by atoms with E-state index in [1.165, 1.54) is 0 Å². The van der Waals surface area contributed by atoms with Gasteiger partial charge in [0.2, 0.25) is 5.92 Å². The molecule has 0 radical (unpaired) electrons. The molecule has 2 rings (SSSR count). The number of nitrogens with two attached hydrogens (primary N) is 1. The van der Waals surface area contributed by atoms with Gasteiger partial charge in [0.1, 0.15) is 0 Å². The Hall–Kier alpha value is -0.680. The average molecular weight is 250 g/mol. The molecule has 2 N–H and O–H groups in total. The highest BCUT2D eigenvalue weighted by Crippen LogP contribution is 2.54. The van der Waals surface area contributed by atoms with Gasteiger partial charge in [-0.15, -0.1) is 0 Å². The lowest BCUT2D eigenvalue weighted by Gasteiger charge is -2.47. The second-order valence-electron chi connectivity index (χ2n) is 4.36. The Kier molecular flexibility index (Phi) is 2.70. The molecule has 3 nitrogen and oxygen atoms in total. The van der Waals surface area contributed by atoms with Crippen LogP contribution in [0.5, 0.6) is 0 Å². The SMILES string of the molecule is CCn1cnc(Cl)c1C1(CN)CC(F)(F)C1. The molecule has 1 heterocycles. The first-order valence-corrected chi connectivity index (χ1v) is 5.61. The normalized spacial score (nSPS) is 21.8. The Labute approximate surface area is 97.6 Å². The van der Waals surface area contributed by atoms with Gasteiger partial charge < -0.3 is 10.3 Å². The smallest absolute Gasteiger partial charge is 0.250 e. The predicted molar refractivity (Wildman–Crippen MR) is 57.8 cm³/mol. The monoisotopic (exact) mass is 249 g/mol. The third-order valence-electron chi connectivity index (χ3n) is 3.22. The summed E-state index contributed by atoms with van der Waals surface area (Å²) in [4.78, 5) is 3.96. The van der Waals surface area contributed by atoms with E-state index in [2.05, 4.69) is 4.98 Å². The van der Waals surface area contributed by atoms with E-state index in [4.69, 9.17) is 17.3 Å². The Balaban J connectivity index is 2.39. The van der Waals surface area contributed by atoms with Crippen molar-refractivity contribution in [3.05, 3.63) is 17.2 Å². The predicted octanol–water partition coefficient (Wildman–Crippen LogP) is 2.18. The molecule has 0 amide bonds. The second-order valence-corrected chi connectivity index (χ2v) is 4.72. The van der Waals surface area contributed by atoms with Gasteiger partial charge in [-0.1, -0.05) is 11.6 Å². The molecule has 1 aromatic rings. The zero-order valence-electron chi connectivity index (χ0n) is 9.01. The van der Waals surface area contributed by atoms with Crippen molar-refractivity contribution in [1.29, 1.82) is 0 Å². The number of halogens is 3. The Morgan fingerprint density at radius 2 is 2.19 bits per heavy atom.